The van der Waals surface area contributed by atoms with Gasteiger partial charge in [-0.05, 0) is 41.0 Å². The maximum atomic E-state index is 14.1. The molecule has 11 heteroatoms. The second kappa shape index (κ2) is 12.0. The lowest BCUT2D eigenvalue weighted by Gasteiger charge is -2.55. The number of rotatable bonds is 7. The quantitative estimate of drug-likeness (QED) is 0.412. The van der Waals surface area contributed by atoms with Gasteiger partial charge in [-0.25, -0.2) is 9.80 Å². The summed E-state index contributed by atoms with van der Waals surface area (Å²) in [5.41, 5.74) is 2.49. The maximum absolute atomic E-state index is 14.1. The number of amides is 4. The van der Waals surface area contributed by atoms with Gasteiger partial charge in [0.1, 0.15) is 18.0 Å². The molecule has 43 heavy (non-hydrogen) atoms. The summed E-state index contributed by atoms with van der Waals surface area (Å²) in [5, 5.41) is 15.8. The molecule has 0 aliphatic carbocycles. The van der Waals surface area contributed by atoms with Gasteiger partial charge in [0.15, 0.2) is 11.5 Å². The third-order valence-electron chi connectivity index (χ3n) is 7.77. The topological polar surface area (TPSA) is 115 Å². The van der Waals surface area contributed by atoms with Crippen LogP contribution in [0.25, 0.3) is 0 Å². The Bertz CT molecular complexity index is 1560. The Labute approximate surface area is 249 Å². The van der Waals surface area contributed by atoms with E-state index in [1.807, 2.05) is 42.5 Å². The number of fused-ring (bicyclic) bond motifs is 2. The number of urea groups is 1. The predicted molar refractivity (Wildman–Crippen MR) is 155 cm³/mol. The summed E-state index contributed by atoms with van der Waals surface area (Å²) in [6.07, 6.45) is 5.05. The van der Waals surface area contributed by atoms with Crippen LogP contribution in [0.4, 0.5) is 4.79 Å². The first-order valence-electron chi connectivity index (χ1n) is 14.0. The van der Waals surface area contributed by atoms with E-state index >= 15 is 0 Å². The lowest BCUT2D eigenvalue weighted by Crippen LogP contribution is -2.76. The largest absolute Gasteiger partial charge is 0.508 e. The van der Waals surface area contributed by atoms with Crippen molar-refractivity contribution >= 4 is 17.8 Å². The molecule has 3 aliphatic rings. The molecule has 0 spiro atoms. The van der Waals surface area contributed by atoms with Crippen molar-refractivity contribution in [1.82, 2.24) is 25.1 Å². The van der Waals surface area contributed by atoms with Crippen LogP contribution in [-0.2, 0) is 29.1 Å². The molecule has 6 rings (SSSR count). The van der Waals surface area contributed by atoms with E-state index in [2.05, 4.69) is 11.2 Å². The highest BCUT2D eigenvalue weighted by molar-refractivity contribution is 5.91. The SMILES string of the molecule is C#CCN1CC(=O)N2[C@@H](Cc3ccc(O)cc3)C(=O)N(Cc3ccc4c(c3)OCO4)C[C@@H]2N1C(=O)NCc1ccccc1. The van der Waals surface area contributed by atoms with Crippen LogP contribution in [-0.4, -0.2) is 81.4 Å². The molecule has 3 aliphatic heterocycles. The van der Waals surface area contributed by atoms with Crippen LogP contribution in [0.5, 0.6) is 17.2 Å². The molecule has 0 bridgehead atoms. The van der Waals surface area contributed by atoms with E-state index in [1.54, 1.807) is 40.2 Å². The summed E-state index contributed by atoms with van der Waals surface area (Å²) in [7, 11) is 0. The number of phenolic OH excluding ortho intramolecular Hbond substituents is 1. The Morgan fingerprint density at radius 3 is 2.49 bits per heavy atom. The number of nitrogens with zero attached hydrogens (tertiary/aromatic N) is 4. The Balaban J connectivity index is 1.33. The van der Waals surface area contributed by atoms with Gasteiger partial charge in [0, 0.05) is 19.5 Å². The third kappa shape index (κ3) is 5.78. The van der Waals surface area contributed by atoms with Crippen molar-refractivity contribution in [2.45, 2.75) is 31.7 Å². The Morgan fingerprint density at radius 1 is 0.977 bits per heavy atom. The molecule has 2 N–H and O–H groups in total. The molecule has 0 aromatic heterocycles. The van der Waals surface area contributed by atoms with E-state index in [-0.39, 0.29) is 63.5 Å². The molecular weight excluding hydrogens is 550 g/mol. The van der Waals surface area contributed by atoms with Gasteiger partial charge in [-0.1, -0.05) is 54.5 Å². The molecule has 11 nitrogen and oxygen atoms in total. The number of ether oxygens (including phenoxy) is 2. The number of terminal acetylenes is 1. The number of benzene rings is 3. The molecule has 0 saturated carbocycles. The van der Waals surface area contributed by atoms with E-state index in [0.717, 1.165) is 16.7 Å². The lowest BCUT2D eigenvalue weighted by atomic mass is 9.98. The monoisotopic (exact) mass is 581 g/mol. The van der Waals surface area contributed by atoms with Crippen LogP contribution < -0.4 is 14.8 Å². The van der Waals surface area contributed by atoms with Gasteiger partial charge >= 0.3 is 6.03 Å². The fourth-order valence-corrected chi connectivity index (χ4v) is 5.75. The summed E-state index contributed by atoms with van der Waals surface area (Å²) in [4.78, 5) is 44.7. The highest BCUT2D eigenvalue weighted by atomic mass is 16.7. The van der Waals surface area contributed by atoms with Crippen LogP contribution >= 0.6 is 0 Å². The van der Waals surface area contributed by atoms with E-state index in [9.17, 15) is 19.5 Å². The zero-order valence-electron chi connectivity index (χ0n) is 23.4. The number of hydrogen-bond donors (Lipinski definition) is 2. The zero-order valence-corrected chi connectivity index (χ0v) is 23.4. The van der Waals surface area contributed by atoms with Crippen molar-refractivity contribution in [3.05, 3.63) is 89.5 Å². The maximum Gasteiger partial charge on any atom is 0.334 e. The Kier molecular flexibility index (Phi) is 7.77. The van der Waals surface area contributed by atoms with Gasteiger partial charge in [0.05, 0.1) is 19.6 Å². The van der Waals surface area contributed by atoms with Crippen molar-refractivity contribution in [1.29, 1.82) is 0 Å². The van der Waals surface area contributed by atoms with Gasteiger partial charge in [-0.2, -0.15) is 5.01 Å². The fourth-order valence-electron chi connectivity index (χ4n) is 5.75. The molecule has 220 valence electrons. The van der Waals surface area contributed by atoms with Crippen LogP contribution in [0.3, 0.4) is 0 Å². The molecule has 2 saturated heterocycles. The van der Waals surface area contributed by atoms with Gasteiger partial charge in [-0.15, -0.1) is 6.42 Å². The van der Waals surface area contributed by atoms with Crippen molar-refractivity contribution in [3.63, 3.8) is 0 Å². The minimum atomic E-state index is -0.887. The van der Waals surface area contributed by atoms with Crippen molar-refractivity contribution in [3.8, 4) is 29.6 Å². The number of phenols is 1. The molecule has 2 fully saturated rings. The standard InChI is InChI=1S/C32H31N5O6/c1-2-14-35-20-30(39)36-26(15-22-8-11-25(38)12-9-22)31(40)34(18-24-10-13-27-28(16-24)43-21-42-27)19-29(36)37(35)32(41)33-17-23-6-4-3-5-7-23/h1,3-13,16,26,29,38H,14-15,17-21H2,(H,33,41)/t26-,29-/m0/s1. The molecule has 0 unspecified atom stereocenters. The smallest absolute Gasteiger partial charge is 0.334 e. The fraction of sp³-hybridized carbons (Fsp3) is 0.281. The highest BCUT2D eigenvalue weighted by Gasteiger charge is 2.51. The van der Waals surface area contributed by atoms with Crippen LogP contribution in [0.1, 0.15) is 16.7 Å². The second-order valence-electron chi connectivity index (χ2n) is 10.6. The number of hydrogen-bond acceptors (Lipinski definition) is 7. The van der Waals surface area contributed by atoms with E-state index < -0.39 is 18.2 Å². The summed E-state index contributed by atoms with van der Waals surface area (Å²) >= 11 is 0. The van der Waals surface area contributed by atoms with E-state index in [4.69, 9.17) is 15.9 Å². The van der Waals surface area contributed by atoms with Crippen molar-refractivity contribution < 1.29 is 29.0 Å². The number of piperazine rings is 1. The molecule has 2 atom stereocenters. The summed E-state index contributed by atoms with van der Waals surface area (Å²) in [5.74, 6) is 3.34. The van der Waals surface area contributed by atoms with Crippen LogP contribution in [0, 0.1) is 12.3 Å². The van der Waals surface area contributed by atoms with E-state index in [0.29, 0.717) is 11.5 Å². The average molecular weight is 582 g/mol. The van der Waals surface area contributed by atoms with Gasteiger partial charge in [0.25, 0.3) is 0 Å². The van der Waals surface area contributed by atoms with Crippen molar-refractivity contribution in [2.75, 3.05) is 26.4 Å². The summed E-state index contributed by atoms with van der Waals surface area (Å²) in [6.45, 7) is 0.596. The van der Waals surface area contributed by atoms with Gasteiger partial charge < -0.3 is 29.7 Å². The zero-order chi connectivity index (χ0) is 29.9. The first kappa shape index (κ1) is 27.9. The normalized spacial score (nSPS) is 19.7. The van der Waals surface area contributed by atoms with Gasteiger partial charge in [0.2, 0.25) is 18.6 Å². The van der Waals surface area contributed by atoms with Crippen LogP contribution in [0.15, 0.2) is 72.8 Å². The number of hydrazine groups is 1. The molecule has 0 radical (unpaired) electrons. The van der Waals surface area contributed by atoms with E-state index in [1.165, 1.54) is 9.91 Å². The molecular formula is C32H31N5O6. The molecule has 4 amide bonds. The van der Waals surface area contributed by atoms with Crippen LogP contribution in [0.2, 0.25) is 0 Å². The third-order valence-corrected chi connectivity index (χ3v) is 7.77. The first-order valence-corrected chi connectivity index (χ1v) is 14.0. The number of carbonyl (C=O) groups excluding carboxylic acids is 3. The predicted octanol–water partition coefficient (Wildman–Crippen LogP) is 2.30. The highest BCUT2D eigenvalue weighted by Crippen LogP contribution is 2.34. The summed E-state index contributed by atoms with van der Waals surface area (Å²) < 4.78 is 11.0. The minimum absolute atomic E-state index is 0.0353. The minimum Gasteiger partial charge on any atom is -0.508 e. The number of nitrogens with one attached hydrogen (secondary N) is 1. The summed E-state index contributed by atoms with van der Waals surface area (Å²) in [6, 6.07) is 20.2. The average Bonchev–Trinajstić information content (AvgIpc) is 3.48. The second-order valence-corrected chi connectivity index (χ2v) is 10.6. The first-order chi connectivity index (χ1) is 20.9. The molecule has 3 aromatic rings. The van der Waals surface area contributed by atoms with Gasteiger partial charge in [-0.3, -0.25) is 9.59 Å². The lowest BCUT2D eigenvalue weighted by molar-refractivity contribution is -0.189. The van der Waals surface area contributed by atoms with Crippen molar-refractivity contribution in [2.24, 2.45) is 0 Å². The number of aromatic hydroxyl groups is 1. The molecule has 3 aromatic carbocycles. The number of carbonyl (C=O) groups is 3. The Hall–Kier alpha value is -5.21. The molecule has 3 heterocycles. The Morgan fingerprint density at radius 2 is 1.72 bits per heavy atom.